The van der Waals surface area contributed by atoms with Gasteiger partial charge in [-0.05, 0) is 73.8 Å². The van der Waals surface area contributed by atoms with Gasteiger partial charge in [-0.15, -0.1) is 0 Å². The summed E-state index contributed by atoms with van der Waals surface area (Å²) in [6.07, 6.45) is 12.3. The number of hydrogen-bond acceptors (Lipinski definition) is 9. The van der Waals surface area contributed by atoms with Gasteiger partial charge in [0.2, 0.25) is 5.91 Å². The maximum absolute atomic E-state index is 13.4. The third kappa shape index (κ3) is 8.45. The highest BCUT2D eigenvalue weighted by molar-refractivity contribution is 5.92. The minimum Gasteiger partial charge on any atom is -0.368 e. The van der Waals surface area contributed by atoms with Gasteiger partial charge in [-0.3, -0.25) is 29.2 Å². The Hall–Kier alpha value is -3.87. The van der Waals surface area contributed by atoms with E-state index < -0.39 is 0 Å². The highest BCUT2D eigenvalue weighted by Crippen LogP contribution is 2.27. The molecule has 3 saturated heterocycles. The van der Waals surface area contributed by atoms with Crippen LogP contribution < -0.4 is 16.2 Å². The number of aryl methyl sites for hydroxylation is 1. The van der Waals surface area contributed by atoms with Crippen LogP contribution in [0.4, 0.5) is 5.69 Å². The van der Waals surface area contributed by atoms with Gasteiger partial charge >= 0.3 is 0 Å². The van der Waals surface area contributed by atoms with Gasteiger partial charge in [-0.1, -0.05) is 26.2 Å². The van der Waals surface area contributed by atoms with Crippen molar-refractivity contribution in [3.05, 3.63) is 63.8 Å². The van der Waals surface area contributed by atoms with Crippen molar-refractivity contribution in [1.29, 1.82) is 0 Å². The zero-order chi connectivity index (χ0) is 35.3. The van der Waals surface area contributed by atoms with Crippen LogP contribution in [0.1, 0.15) is 73.5 Å². The number of carbonyl (C=O) groups excluding carboxylic acids is 2. The minimum atomic E-state index is -0.337. The summed E-state index contributed by atoms with van der Waals surface area (Å²) in [7, 11) is 0. The number of amides is 2. The summed E-state index contributed by atoms with van der Waals surface area (Å²) in [4.78, 5) is 62.1. The fourth-order valence-corrected chi connectivity index (χ4v) is 8.54. The molecule has 1 atom stereocenters. The van der Waals surface area contributed by atoms with Crippen molar-refractivity contribution in [2.75, 3.05) is 76.9 Å². The second-order valence-corrected chi connectivity index (χ2v) is 15.2. The molecule has 2 amide bonds. The Morgan fingerprint density at radius 2 is 1.57 bits per heavy atom. The first-order valence-corrected chi connectivity index (χ1v) is 19.3. The van der Waals surface area contributed by atoms with E-state index in [2.05, 4.69) is 29.7 Å². The van der Waals surface area contributed by atoms with Crippen molar-refractivity contribution < 1.29 is 9.59 Å². The number of fused-ring (bicyclic) bond motifs is 1. The average Bonchev–Trinajstić information content (AvgIpc) is 3.18. The maximum Gasteiger partial charge on any atom is 0.272 e. The van der Waals surface area contributed by atoms with Crippen molar-refractivity contribution in [3.63, 3.8) is 0 Å². The highest BCUT2D eigenvalue weighted by Gasteiger charge is 2.32. The summed E-state index contributed by atoms with van der Waals surface area (Å²) < 4.78 is 0. The molecule has 3 aliphatic heterocycles. The van der Waals surface area contributed by atoms with Crippen LogP contribution in [0.3, 0.4) is 0 Å². The van der Waals surface area contributed by atoms with Crippen LogP contribution in [-0.4, -0.2) is 124 Å². The second kappa shape index (κ2) is 16.2. The monoisotopic (exact) mass is 697 g/mol. The molecule has 4 fully saturated rings. The molecule has 3 aromatic rings. The van der Waals surface area contributed by atoms with Crippen molar-refractivity contribution in [2.45, 2.75) is 70.9 Å². The molecule has 7 rings (SSSR count). The molecule has 3 N–H and O–H groups in total. The topological polar surface area (TPSA) is 135 Å². The third-order valence-corrected chi connectivity index (χ3v) is 11.9. The Morgan fingerprint density at radius 3 is 2.25 bits per heavy atom. The lowest BCUT2D eigenvalue weighted by atomic mass is 9.83. The van der Waals surface area contributed by atoms with Crippen LogP contribution >= 0.6 is 0 Å². The number of aromatic nitrogens is 3. The molecule has 0 unspecified atom stereocenters. The number of nitrogens with zero attached hydrogens (tertiary/aromatic N) is 7. The Bertz CT molecular complexity index is 1700. The molecule has 274 valence electrons. The number of H-pyrrole nitrogens is 1. The molecule has 1 aliphatic carbocycles. The quantitative estimate of drug-likeness (QED) is 0.346. The standard InChI is InChI=1S/C39H55N9O3/c1-2-30-23-34-35(43-37(30)49)22-29(24-41-34)27-45-14-18-46(19-15-45)32-8-9-33(42-25-32)38(50)47-12-10-28(11-13-47)26-44-16-20-48(21-17-44)39(51)36(40)31-6-4-3-5-7-31/h8-9,22-25,28,31,36H,2-7,10-21,26-27,40H2,1H3,(H,43,49)/t36-/m0/s1. The lowest BCUT2D eigenvalue weighted by Crippen LogP contribution is -2.55. The number of likely N-dealkylation sites (tertiary alicyclic amines) is 1. The minimum absolute atomic E-state index is 0.0162. The largest absolute Gasteiger partial charge is 0.368 e. The van der Waals surface area contributed by atoms with E-state index in [0.29, 0.717) is 24.0 Å². The first-order valence-electron chi connectivity index (χ1n) is 19.3. The van der Waals surface area contributed by atoms with Crippen LogP contribution in [0.5, 0.6) is 0 Å². The number of aromatic amines is 1. The lowest BCUT2D eigenvalue weighted by molar-refractivity contribution is -0.136. The van der Waals surface area contributed by atoms with Gasteiger partial charge in [0.1, 0.15) is 5.69 Å². The molecule has 0 aromatic carbocycles. The fourth-order valence-electron chi connectivity index (χ4n) is 8.54. The zero-order valence-corrected chi connectivity index (χ0v) is 30.3. The summed E-state index contributed by atoms with van der Waals surface area (Å²) in [5, 5.41) is 0. The maximum atomic E-state index is 13.4. The molecule has 12 heteroatoms. The Balaban J connectivity index is 0.822. The molecule has 6 heterocycles. The summed E-state index contributed by atoms with van der Waals surface area (Å²) in [5.41, 5.74) is 11.4. The smallest absolute Gasteiger partial charge is 0.272 e. The molecule has 3 aromatic heterocycles. The van der Waals surface area contributed by atoms with Crippen LogP contribution in [0, 0.1) is 11.8 Å². The number of anilines is 1. The van der Waals surface area contributed by atoms with E-state index >= 15 is 0 Å². The molecular weight excluding hydrogens is 642 g/mol. The molecule has 51 heavy (non-hydrogen) atoms. The predicted octanol–water partition coefficient (Wildman–Crippen LogP) is 3.11. The summed E-state index contributed by atoms with van der Waals surface area (Å²) >= 11 is 0. The number of rotatable bonds is 9. The van der Waals surface area contributed by atoms with Gasteiger partial charge in [0, 0.05) is 90.3 Å². The van der Waals surface area contributed by atoms with Crippen molar-refractivity contribution >= 4 is 28.5 Å². The normalized spacial score (nSPS) is 20.9. The SMILES string of the molecule is CCc1cc2ncc(CN3CCN(c4ccc(C(=O)N5CCC(CN6CCN(C(=O)[C@@H](N)C7CCCCC7)CC6)CC5)nc4)CC3)cc2[nH]c1=O. The molecule has 0 spiro atoms. The van der Waals surface area contributed by atoms with E-state index in [1.54, 1.807) is 0 Å². The molecule has 0 bridgehead atoms. The summed E-state index contributed by atoms with van der Waals surface area (Å²) in [6.45, 7) is 12.2. The van der Waals surface area contributed by atoms with Crippen LogP contribution in [0.25, 0.3) is 11.0 Å². The molecule has 12 nitrogen and oxygen atoms in total. The molecule has 1 saturated carbocycles. The number of nitrogens with two attached hydrogens (primary N) is 1. The van der Waals surface area contributed by atoms with E-state index in [9.17, 15) is 14.4 Å². The van der Waals surface area contributed by atoms with Gasteiger partial charge in [-0.25, -0.2) is 4.98 Å². The Morgan fingerprint density at radius 1 is 0.843 bits per heavy atom. The van der Waals surface area contributed by atoms with E-state index in [1.165, 1.54) is 19.3 Å². The molecule has 0 radical (unpaired) electrons. The van der Waals surface area contributed by atoms with Gasteiger partial charge in [0.25, 0.3) is 11.5 Å². The number of pyridine rings is 3. The van der Waals surface area contributed by atoms with Gasteiger partial charge in [-0.2, -0.15) is 0 Å². The first kappa shape index (κ1) is 35.5. The number of piperazine rings is 2. The fraction of sp³-hybridized carbons (Fsp3) is 0.615. The van der Waals surface area contributed by atoms with Crippen molar-refractivity contribution in [1.82, 2.24) is 34.6 Å². The van der Waals surface area contributed by atoms with Crippen molar-refractivity contribution in [3.8, 4) is 0 Å². The van der Waals surface area contributed by atoms with Crippen LogP contribution in [0.15, 0.2) is 41.5 Å². The summed E-state index contributed by atoms with van der Waals surface area (Å²) in [5.74, 6) is 1.08. The zero-order valence-electron chi connectivity index (χ0n) is 30.3. The van der Waals surface area contributed by atoms with Crippen molar-refractivity contribution in [2.24, 2.45) is 17.6 Å². The van der Waals surface area contributed by atoms with Crippen LogP contribution in [0.2, 0.25) is 0 Å². The number of nitrogens with one attached hydrogen (secondary N) is 1. The first-order chi connectivity index (χ1) is 24.8. The van der Waals surface area contributed by atoms with E-state index in [-0.39, 0.29) is 23.4 Å². The van der Waals surface area contributed by atoms with E-state index in [4.69, 9.17) is 5.73 Å². The van der Waals surface area contributed by atoms with Gasteiger partial charge in [0.15, 0.2) is 0 Å². The number of piperidine rings is 1. The molecule has 4 aliphatic rings. The Labute approximate surface area is 301 Å². The van der Waals surface area contributed by atoms with E-state index in [0.717, 1.165) is 132 Å². The Kier molecular flexibility index (Phi) is 11.3. The van der Waals surface area contributed by atoms with Gasteiger partial charge in [0.05, 0.1) is 29.0 Å². The second-order valence-electron chi connectivity index (χ2n) is 15.2. The number of carbonyl (C=O) groups is 2. The van der Waals surface area contributed by atoms with Gasteiger partial charge < -0.3 is 25.4 Å². The highest BCUT2D eigenvalue weighted by atomic mass is 16.2. The predicted molar refractivity (Wildman–Crippen MR) is 200 cm³/mol. The number of hydrogen-bond donors (Lipinski definition) is 2. The summed E-state index contributed by atoms with van der Waals surface area (Å²) in [6, 6.07) is 7.50. The average molecular weight is 698 g/mol. The lowest BCUT2D eigenvalue weighted by Gasteiger charge is -2.40. The molecular formula is C39H55N9O3. The van der Waals surface area contributed by atoms with Crippen LogP contribution in [-0.2, 0) is 17.8 Å². The van der Waals surface area contributed by atoms with E-state index in [1.807, 2.05) is 53.4 Å². The third-order valence-electron chi connectivity index (χ3n) is 11.9.